The molecule has 0 aliphatic carbocycles. The van der Waals surface area contributed by atoms with Gasteiger partial charge in [0.05, 0.1) is 30.6 Å². The summed E-state index contributed by atoms with van der Waals surface area (Å²) in [6.07, 6.45) is 0.166. The van der Waals surface area contributed by atoms with Crippen LogP contribution in [0.2, 0.25) is 5.02 Å². The van der Waals surface area contributed by atoms with E-state index in [4.69, 9.17) is 16.3 Å². The molecule has 2 saturated heterocycles. The molecular formula is C15H18ClNO4S. The summed E-state index contributed by atoms with van der Waals surface area (Å²) in [6, 6.07) is 7.42. The molecule has 2 aliphatic rings. The Labute approximate surface area is 135 Å². The molecule has 2 atom stereocenters. The van der Waals surface area contributed by atoms with E-state index in [2.05, 4.69) is 0 Å². The highest BCUT2D eigenvalue weighted by molar-refractivity contribution is 7.91. The second kappa shape index (κ2) is 6.18. The molecule has 1 aromatic rings. The number of rotatable bonds is 2. The summed E-state index contributed by atoms with van der Waals surface area (Å²) in [6.45, 7) is 1.34. The number of hydrogen-bond donors (Lipinski definition) is 0. The van der Waals surface area contributed by atoms with Crippen molar-refractivity contribution in [2.75, 3.05) is 31.2 Å². The third kappa shape index (κ3) is 3.29. The minimum Gasteiger partial charge on any atom is -0.370 e. The van der Waals surface area contributed by atoms with Gasteiger partial charge in [-0.25, -0.2) is 8.42 Å². The quantitative estimate of drug-likeness (QED) is 0.819. The molecule has 1 aromatic carbocycles. The van der Waals surface area contributed by atoms with Crippen molar-refractivity contribution >= 4 is 27.3 Å². The van der Waals surface area contributed by atoms with Gasteiger partial charge >= 0.3 is 0 Å². The van der Waals surface area contributed by atoms with E-state index in [1.165, 1.54) is 0 Å². The maximum absolute atomic E-state index is 12.5. The molecule has 0 spiro atoms. The van der Waals surface area contributed by atoms with E-state index >= 15 is 0 Å². The van der Waals surface area contributed by atoms with Crippen molar-refractivity contribution in [2.24, 2.45) is 5.92 Å². The Morgan fingerprint density at radius 3 is 2.77 bits per heavy atom. The van der Waals surface area contributed by atoms with Crippen LogP contribution in [0, 0.1) is 5.92 Å². The number of carbonyl (C=O) groups is 1. The van der Waals surface area contributed by atoms with E-state index in [-0.39, 0.29) is 23.5 Å². The molecule has 2 heterocycles. The van der Waals surface area contributed by atoms with Crippen molar-refractivity contribution in [1.82, 2.24) is 4.90 Å². The largest absolute Gasteiger partial charge is 0.370 e. The molecule has 2 fully saturated rings. The van der Waals surface area contributed by atoms with Crippen molar-refractivity contribution in [3.63, 3.8) is 0 Å². The van der Waals surface area contributed by atoms with E-state index < -0.39 is 15.8 Å². The van der Waals surface area contributed by atoms with Crippen molar-refractivity contribution in [3.8, 4) is 0 Å². The third-order valence-electron chi connectivity index (χ3n) is 4.21. The number of carbonyl (C=O) groups excluding carboxylic acids is 1. The van der Waals surface area contributed by atoms with Gasteiger partial charge in [-0.2, -0.15) is 0 Å². The van der Waals surface area contributed by atoms with Gasteiger partial charge in [0.25, 0.3) is 0 Å². The summed E-state index contributed by atoms with van der Waals surface area (Å²) in [7, 11) is -3.05. The normalized spacial score (nSPS) is 27.8. The molecule has 1 amide bonds. The fourth-order valence-electron chi connectivity index (χ4n) is 3.02. The van der Waals surface area contributed by atoms with Gasteiger partial charge in [0.2, 0.25) is 5.91 Å². The molecule has 0 aromatic heterocycles. The van der Waals surface area contributed by atoms with Gasteiger partial charge in [0, 0.05) is 17.1 Å². The zero-order valence-corrected chi connectivity index (χ0v) is 13.6. The van der Waals surface area contributed by atoms with E-state index in [0.717, 1.165) is 5.56 Å². The van der Waals surface area contributed by atoms with Gasteiger partial charge in [-0.05, 0) is 12.5 Å². The molecule has 7 heteroatoms. The number of morpholine rings is 1. The SMILES string of the molecule is O=C([C@@H]1CCS(=O)(=O)C1)N1CCO[C@H](c2ccccc2Cl)C1. The predicted octanol–water partition coefficient (Wildman–Crippen LogP) is 1.67. The van der Waals surface area contributed by atoms with Crippen LogP contribution in [0.15, 0.2) is 24.3 Å². The fourth-order valence-corrected chi connectivity index (χ4v) is 5.01. The highest BCUT2D eigenvalue weighted by Gasteiger charge is 2.37. The summed E-state index contributed by atoms with van der Waals surface area (Å²) in [4.78, 5) is 14.2. The molecule has 5 nitrogen and oxygen atoms in total. The fraction of sp³-hybridized carbons (Fsp3) is 0.533. The molecule has 0 N–H and O–H groups in total. The minimum atomic E-state index is -3.05. The van der Waals surface area contributed by atoms with Crippen LogP contribution in [-0.4, -0.2) is 50.4 Å². The van der Waals surface area contributed by atoms with Gasteiger partial charge in [0.1, 0.15) is 6.10 Å². The lowest BCUT2D eigenvalue weighted by Crippen LogP contribution is -2.45. The Morgan fingerprint density at radius 2 is 2.09 bits per heavy atom. The minimum absolute atomic E-state index is 0.0278. The van der Waals surface area contributed by atoms with Crippen molar-refractivity contribution in [2.45, 2.75) is 12.5 Å². The van der Waals surface area contributed by atoms with E-state index in [1.54, 1.807) is 11.0 Å². The van der Waals surface area contributed by atoms with Crippen LogP contribution < -0.4 is 0 Å². The first kappa shape index (κ1) is 15.8. The lowest BCUT2D eigenvalue weighted by atomic mass is 10.0. The standard InChI is InChI=1S/C15H18ClNO4S/c16-13-4-2-1-3-12(13)14-9-17(6-7-21-14)15(18)11-5-8-22(19,20)10-11/h1-4,11,14H,5-10H2/t11-,14+/m1/s1. The molecule has 0 saturated carbocycles. The zero-order chi connectivity index (χ0) is 15.7. The molecule has 0 radical (unpaired) electrons. The number of ether oxygens (including phenoxy) is 1. The average molecular weight is 344 g/mol. The third-order valence-corrected chi connectivity index (χ3v) is 6.32. The van der Waals surface area contributed by atoms with Crippen LogP contribution in [0.25, 0.3) is 0 Å². The van der Waals surface area contributed by atoms with E-state index in [1.807, 2.05) is 18.2 Å². The lowest BCUT2D eigenvalue weighted by molar-refractivity contribution is -0.142. The van der Waals surface area contributed by atoms with Gasteiger partial charge in [-0.1, -0.05) is 29.8 Å². The van der Waals surface area contributed by atoms with Crippen molar-refractivity contribution < 1.29 is 17.9 Å². The predicted molar refractivity (Wildman–Crippen MR) is 83.5 cm³/mol. The first-order chi connectivity index (χ1) is 10.5. The summed E-state index contributed by atoms with van der Waals surface area (Å²) < 4.78 is 28.8. The topological polar surface area (TPSA) is 63.7 Å². The molecule has 120 valence electrons. The molecule has 2 aliphatic heterocycles. The number of amides is 1. The first-order valence-corrected chi connectivity index (χ1v) is 9.51. The van der Waals surface area contributed by atoms with Crippen LogP contribution in [0.4, 0.5) is 0 Å². The van der Waals surface area contributed by atoms with Gasteiger partial charge in [-0.15, -0.1) is 0 Å². The molecule has 3 rings (SSSR count). The number of sulfone groups is 1. The monoisotopic (exact) mass is 343 g/mol. The van der Waals surface area contributed by atoms with E-state index in [9.17, 15) is 13.2 Å². The van der Waals surface area contributed by atoms with Crippen LogP contribution in [0.3, 0.4) is 0 Å². The average Bonchev–Trinajstić information content (AvgIpc) is 2.87. The Kier molecular flexibility index (Phi) is 4.43. The van der Waals surface area contributed by atoms with Crippen LogP contribution in [0.5, 0.6) is 0 Å². The van der Waals surface area contributed by atoms with Gasteiger partial charge in [0.15, 0.2) is 9.84 Å². The molecule has 22 heavy (non-hydrogen) atoms. The van der Waals surface area contributed by atoms with Crippen LogP contribution in [0.1, 0.15) is 18.1 Å². The maximum atomic E-state index is 12.5. The Hall–Kier alpha value is -1.11. The summed E-state index contributed by atoms with van der Waals surface area (Å²) >= 11 is 6.19. The maximum Gasteiger partial charge on any atom is 0.226 e. The van der Waals surface area contributed by atoms with Gasteiger partial charge in [-0.3, -0.25) is 4.79 Å². The number of halogens is 1. The second-order valence-corrected chi connectivity index (χ2v) is 8.40. The molecular weight excluding hydrogens is 326 g/mol. The highest BCUT2D eigenvalue weighted by atomic mass is 35.5. The zero-order valence-electron chi connectivity index (χ0n) is 12.1. The first-order valence-electron chi connectivity index (χ1n) is 7.31. The van der Waals surface area contributed by atoms with Crippen molar-refractivity contribution in [1.29, 1.82) is 0 Å². The highest BCUT2D eigenvalue weighted by Crippen LogP contribution is 2.30. The second-order valence-electron chi connectivity index (χ2n) is 5.77. The number of nitrogens with zero attached hydrogens (tertiary/aromatic N) is 1. The number of hydrogen-bond acceptors (Lipinski definition) is 4. The molecule has 0 unspecified atom stereocenters. The Morgan fingerprint density at radius 1 is 1.32 bits per heavy atom. The van der Waals surface area contributed by atoms with Crippen LogP contribution in [-0.2, 0) is 19.4 Å². The smallest absolute Gasteiger partial charge is 0.226 e. The van der Waals surface area contributed by atoms with E-state index in [0.29, 0.717) is 31.1 Å². The van der Waals surface area contributed by atoms with Crippen molar-refractivity contribution in [3.05, 3.63) is 34.9 Å². The molecule has 0 bridgehead atoms. The Bertz CT molecular complexity index is 676. The lowest BCUT2D eigenvalue weighted by Gasteiger charge is -2.34. The Balaban J connectivity index is 1.71. The van der Waals surface area contributed by atoms with Gasteiger partial charge < -0.3 is 9.64 Å². The van der Waals surface area contributed by atoms with Crippen LogP contribution >= 0.6 is 11.6 Å². The summed E-state index contributed by atoms with van der Waals surface area (Å²) in [5.74, 6) is -0.404. The summed E-state index contributed by atoms with van der Waals surface area (Å²) in [5, 5.41) is 0.616. The number of benzene rings is 1. The summed E-state index contributed by atoms with van der Waals surface area (Å²) in [5.41, 5.74) is 0.862.